The summed E-state index contributed by atoms with van der Waals surface area (Å²) in [6, 6.07) is 8.24. The van der Waals surface area contributed by atoms with Gasteiger partial charge in [-0.25, -0.2) is 0 Å². The smallest absolute Gasteiger partial charge is 0.416 e. The maximum atomic E-state index is 13.4. The molecule has 1 fully saturated rings. The summed E-state index contributed by atoms with van der Waals surface area (Å²) in [7, 11) is 0. The van der Waals surface area contributed by atoms with Crippen molar-refractivity contribution in [3.8, 4) is 11.1 Å². The molecule has 37 heavy (non-hydrogen) atoms. The van der Waals surface area contributed by atoms with Crippen LogP contribution in [0.4, 0.5) is 18.9 Å². The SMILES string of the molecule is CC(C)(CC(=O)[O-])CC(=O)N1CCN2C(=O)c3cc(-c4cccc(C(F)(F)F)c4)ccc3NC(=O)[C@@H]2C1. The normalized spacial score (nSPS) is 18.0. The summed E-state index contributed by atoms with van der Waals surface area (Å²) < 4.78 is 39.5. The average molecular weight is 516 g/mol. The van der Waals surface area contributed by atoms with Crippen molar-refractivity contribution in [3.63, 3.8) is 0 Å². The van der Waals surface area contributed by atoms with Gasteiger partial charge >= 0.3 is 6.18 Å². The van der Waals surface area contributed by atoms with Gasteiger partial charge in [-0.15, -0.1) is 0 Å². The standard InChI is InChI=1S/C26H26F3N3O5/c1-25(2,13-22(34)35)12-21(33)31-8-9-32-20(14-31)23(36)30-19-7-6-16(11-18(19)24(32)37)15-4-3-5-17(10-15)26(27,28)29/h3-7,10-11,20H,8-9,12-14H2,1-2H3,(H,30,36)(H,34,35)/p-1/t20-/m0/s1. The van der Waals surface area contributed by atoms with Gasteiger partial charge in [0.25, 0.3) is 5.91 Å². The lowest BCUT2D eigenvalue weighted by molar-refractivity contribution is -0.307. The number of rotatable bonds is 5. The second-order valence-corrected chi connectivity index (χ2v) is 10.1. The third-order valence-electron chi connectivity index (χ3n) is 6.58. The van der Waals surface area contributed by atoms with Crippen molar-refractivity contribution in [3.05, 3.63) is 53.6 Å². The van der Waals surface area contributed by atoms with E-state index in [1.54, 1.807) is 13.8 Å². The van der Waals surface area contributed by atoms with Gasteiger partial charge in [0.05, 0.1) is 23.4 Å². The summed E-state index contributed by atoms with van der Waals surface area (Å²) in [5.41, 5.74) is -0.635. The van der Waals surface area contributed by atoms with Crippen molar-refractivity contribution < 1.29 is 37.5 Å². The molecule has 0 aromatic heterocycles. The molecule has 0 unspecified atom stereocenters. The number of nitrogens with zero attached hydrogens (tertiary/aromatic N) is 2. The van der Waals surface area contributed by atoms with Crippen LogP contribution in [0.3, 0.4) is 0 Å². The predicted molar refractivity (Wildman–Crippen MR) is 125 cm³/mol. The van der Waals surface area contributed by atoms with Crippen molar-refractivity contribution in [2.75, 3.05) is 25.0 Å². The van der Waals surface area contributed by atoms with Gasteiger partial charge in [0.2, 0.25) is 11.8 Å². The van der Waals surface area contributed by atoms with Crippen LogP contribution < -0.4 is 10.4 Å². The van der Waals surface area contributed by atoms with E-state index in [0.29, 0.717) is 5.56 Å². The van der Waals surface area contributed by atoms with Crippen LogP contribution in [0.25, 0.3) is 11.1 Å². The van der Waals surface area contributed by atoms with Gasteiger partial charge in [0, 0.05) is 25.5 Å². The fourth-order valence-corrected chi connectivity index (χ4v) is 4.71. The molecule has 3 amide bonds. The molecular formula is C26H25F3N3O5-. The quantitative estimate of drug-likeness (QED) is 0.657. The molecule has 11 heteroatoms. The first-order chi connectivity index (χ1) is 17.2. The van der Waals surface area contributed by atoms with E-state index in [0.717, 1.165) is 12.1 Å². The Morgan fingerprint density at radius 3 is 2.41 bits per heavy atom. The zero-order valence-electron chi connectivity index (χ0n) is 20.2. The minimum Gasteiger partial charge on any atom is -0.550 e. The van der Waals surface area contributed by atoms with E-state index in [1.807, 2.05) is 0 Å². The number of hydrogen-bond donors (Lipinski definition) is 1. The van der Waals surface area contributed by atoms with Gasteiger partial charge in [-0.1, -0.05) is 32.0 Å². The molecule has 2 heterocycles. The van der Waals surface area contributed by atoms with Crippen molar-refractivity contribution in [1.82, 2.24) is 9.80 Å². The van der Waals surface area contributed by atoms with Crippen molar-refractivity contribution in [2.24, 2.45) is 5.41 Å². The second kappa shape index (κ2) is 9.53. The summed E-state index contributed by atoms with van der Waals surface area (Å²) in [5, 5.41) is 13.7. The molecule has 4 rings (SSSR count). The maximum absolute atomic E-state index is 13.4. The van der Waals surface area contributed by atoms with Crippen LogP contribution in [0, 0.1) is 5.41 Å². The molecular weight excluding hydrogens is 491 g/mol. The number of hydrogen-bond acceptors (Lipinski definition) is 5. The lowest BCUT2D eigenvalue weighted by Crippen LogP contribution is -2.59. The van der Waals surface area contributed by atoms with Crippen molar-refractivity contribution in [1.29, 1.82) is 0 Å². The molecule has 0 saturated carbocycles. The lowest BCUT2D eigenvalue weighted by Gasteiger charge is -2.40. The van der Waals surface area contributed by atoms with E-state index in [1.165, 1.54) is 40.1 Å². The number of alkyl halides is 3. The summed E-state index contributed by atoms with van der Waals surface area (Å²) in [6.45, 7) is 3.43. The van der Waals surface area contributed by atoms with E-state index in [9.17, 15) is 37.5 Å². The highest BCUT2D eigenvalue weighted by Crippen LogP contribution is 2.35. The number of carboxylic acid groups (broad SMARTS) is 1. The van der Waals surface area contributed by atoms with Crippen molar-refractivity contribution >= 4 is 29.4 Å². The number of halogens is 3. The highest BCUT2D eigenvalue weighted by atomic mass is 19.4. The van der Waals surface area contributed by atoms with Crippen molar-refractivity contribution in [2.45, 2.75) is 38.9 Å². The molecule has 2 aliphatic heterocycles. The van der Waals surface area contributed by atoms with Gasteiger partial charge in [-0.05, 0) is 47.2 Å². The van der Waals surface area contributed by atoms with Crippen LogP contribution in [0.5, 0.6) is 0 Å². The largest absolute Gasteiger partial charge is 0.550 e. The van der Waals surface area contributed by atoms with Crippen LogP contribution in [-0.2, 0) is 20.6 Å². The molecule has 0 aliphatic carbocycles. The number of amides is 3. The highest BCUT2D eigenvalue weighted by molar-refractivity contribution is 6.10. The van der Waals surface area contributed by atoms with Gasteiger partial charge < -0.3 is 25.0 Å². The minimum absolute atomic E-state index is 0.0632. The Bertz CT molecular complexity index is 1270. The molecule has 0 radical (unpaired) electrons. The van der Waals surface area contributed by atoms with Crippen LogP contribution in [0.2, 0.25) is 0 Å². The lowest BCUT2D eigenvalue weighted by atomic mass is 9.85. The van der Waals surface area contributed by atoms with Crippen LogP contribution >= 0.6 is 0 Å². The molecule has 1 N–H and O–H groups in total. The minimum atomic E-state index is -4.52. The predicted octanol–water partition coefficient (Wildman–Crippen LogP) is 2.53. The van der Waals surface area contributed by atoms with E-state index in [-0.39, 0.29) is 55.2 Å². The number of nitrogens with one attached hydrogen (secondary N) is 1. The molecule has 0 bridgehead atoms. The average Bonchev–Trinajstić information content (AvgIpc) is 2.91. The summed E-state index contributed by atoms with van der Waals surface area (Å²) in [5.74, 6) is -2.57. The van der Waals surface area contributed by atoms with Crippen LogP contribution in [0.1, 0.15) is 42.6 Å². The molecule has 8 nitrogen and oxygen atoms in total. The van der Waals surface area contributed by atoms with Gasteiger partial charge in [0.15, 0.2) is 0 Å². The Labute approximate surface area is 211 Å². The number of carbonyl (C=O) groups is 4. The summed E-state index contributed by atoms with van der Waals surface area (Å²) in [4.78, 5) is 53.1. The molecule has 196 valence electrons. The Kier molecular flexibility index (Phi) is 6.74. The van der Waals surface area contributed by atoms with E-state index in [4.69, 9.17) is 0 Å². The van der Waals surface area contributed by atoms with Gasteiger partial charge in [-0.2, -0.15) is 13.2 Å². The number of carboxylic acids is 1. The highest BCUT2D eigenvalue weighted by Gasteiger charge is 2.41. The Hall–Kier alpha value is -3.89. The summed E-state index contributed by atoms with van der Waals surface area (Å²) >= 11 is 0. The van der Waals surface area contributed by atoms with E-state index in [2.05, 4.69) is 5.32 Å². The maximum Gasteiger partial charge on any atom is 0.416 e. The zero-order valence-corrected chi connectivity index (χ0v) is 20.2. The summed E-state index contributed by atoms with van der Waals surface area (Å²) in [6.07, 6.45) is -4.88. The van der Waals surface area contributed by atoms with E-state index >= 15 is 0 Å². The Balaban J connectivity index is 1.57. The first-order valence-corrected chi connectivity index (χ1v) is 11.7. The van der Waals surface area contributed by atoms with E-state index < -0.39 is 41.0 Å². The van der Waals surface area contributed by atoms with Gasteiger partial charge in [-0.3, -0.25) is 14.4 Å². The van der Waals surface area contributed by atoms with Crippen LogP contribution in [-0.4, -0.2) is 59.2 Å². The fourth-order valence-electron chi connectivity index (χ4n) is 4.71. The third kappa shape index (κ3) is 5.60. The zero-order chi connectivity index (χ0) is 27.1. The fraction of sp³-hybridized carbons (Fsp3) is 0.385. The third-order valence-corrected chi connectivity index (χ3v) is 6.58. The number of fused-ring (bicyclic) bond motifs is 2. The molecule has 2 aromatic rings. The monoisotopic (exact) mass is 516 g/mol. The van der Waals surface area contributed by atoms with Gasteiger partial charge in [0.1, 0.15) is 6.04 Å². The Morgan fingerprint density at radius 1 is 1.03 bits per heavy atom. The Morgan fingerprint density at radius 2 is 1.73 bits per heavy atom. The van der Waals surface area contributed by atoms with Crippen LogP contribution in [0.15, 0.2) is 42.5 Å². The number of aliphatic carboxylic acids is 1. The molecule has 2 aromatic carbocycles. The molecule has 0 spiro atoms. The first-order valence-electron chi connectivity index (χ1n) is 11.7. The number of carbonyl (C=O) groups excluding carboxylic acids is 4. The molecule has 1 saturated heterocycles. The second-order valence-electron chi connectivity index (χ2n) is 10.1. The first kappa shape index (κ1) is 26.2. The topological polar surface area (TPSA) is 110 Å². The number of anilines is 1. The molecule has 1 atom stereocenters. The number of benzene rings is 2. The molecule has 2 aliphatic rings. The number of piperazine rings is 1.